The van der Waals surface area contributed by atoms with Crippen molar-refractivity contribution in [1.29, 1.82) is 0 Å². The van der Waals surface area contributed by atoms with Gasteiger partial charge in [-0.05, 0) is 18.6 Å². The summed E-state index contributed by atoms with van der Waals surface area (Å²) in [7, 11) is 0. The van der Waals surface area contributed by atoms with Crippen LogP contribution in [0.25, 0.3) is 0 Å². The van der Waals surface area contributed by atoms with Gasteiger partial charge in [0.15, 0.2) is 0 Å². The molecule has 0 aliphatic carbocycles. The zero-order chi connectivity index (χ0) is 8.81. The minimum Gasteiger partial charge on any atom is -0.469 e. The molecule has 1 heterocycles. The minimum absolute atomic E-state index is 0.334. The average molecular weight is 168 g/mol. The summed E-state index contributed by atoms with van der Waals surface area (Å²) >= 11 is 0. The van der Waals surface area contributed by atoms with Crippen LogP contribution in [0.4, 0.5) is 0 Å². The summed E-state index contributed by atoms with van der Waals surface area (Å²) in [6.45, 7) is 2.15. The monoisotopic (exact) mass is 168 g/mol. The number of hydrogen-bond acceptors (Lipinski definition) is 3. The number of furan rings is 1. The summed E-state index contributed by atoms with van der Waals surface area (Å²) in [4.78, 5) is 0. The predicted octanol–water partition coefficient (Wildman–Crippen LogP) is 1.45. The lowest BCUT2D eigenvalue weighted by Gasteiger charge is -2.12. The molecule has 1 rings (SSSR count). The summed E-state index contributed by atoms with van der Waals surface area (Å²) in [5, 5.41) is 0. The lowest BCUT2D eigenvalue weighted by atomic mass is 10.1. The molecule has 0 aromatic carbocycles. The first-order valence-electron chi connectivity index (χ1n) is 4.35. The van der Waals surface area contributed by atoms with Gasteiger partial charge in [0.05, 0.1) is 6.26 Å². The van der Waals surface area contributed by atoms with E-state index in [-0.39, 0.29) is 0 Å². The van der Waals surface area contributed by atoms with E-state index in [1.165, 1.54) is 0 Å². The van der Waals surface area contributed by atoms with E-state index in [0.29, 0.717) is 6.04 Å². The fourth-order valence-corrected chi connectivity index (χ4v) is 1.26. The largest absolute Gasteiger partial charge is 0.469 e. The van der Waals surface area contributed by atoms with Crippen LogP contribution < -0.4 is 11.3 Å². The van der Waals surface area contributed by atoms with E-state index in [9.17, 15) is 0 Å². The SMILES string of the molecule is CCCC(Cc1ccco1)NN. The molecule has 1 atom stereocenters. The Morgan fingerprint density at radius 2 is 2.50 bits per heavy atom. The van der Waals surface area contributed by atoms with Crippen molar-refractivity contribution in [2.45, 2.75) is 32.2 Å². The van der Waals surface area contributed by atoms with Gasteiger partial charge >= 0.3 is 0 Å². The molecular formula is C9H16N2O. The lowest BCUT2D eigenvalue weighted by molar-refractivity contribution is 0.427. The quantitative estimate of drug-likeness (QED) is 0.517. The maximum Gasteiger partial charge on any atom is 0.105 e. The van der Waals surface area contributed by atoms with Gasteiger partial charge in [-0.1, -0.05) is 13.3 Å². The number of nitrogens with two attached hydrogens (primary N) is 1. The normalized spacial score (nSPS) is 13.2. The van der Waals surface area contributed by atoms with Gasteiger partial charge < -0.3 is 4.42 Å². The second-order valence-electron chi connectivity index (χ2n) is 2.94. The van der Waals surface area contributed by atoms with Crippen LogP contribution in [0.1, 0.15) is 25.5 Å². The Hall–Kier alpha value is -0.800. The zero-order valence-corrected chi connectivity index (χ0v) is 7.42. The third-order valence-corrected chi connectivity index (χ3v) is 1.90. The van der Waals surface area contributed by atoms with E-state index in [2.05, 4.69) is 12.3 Å². The molecule has 0 aliphatic rings. The summed E-state index contributed by atoms with van der Waals surface area (Å²) in [5.74, 6) is 6.38. The first-order valence-corrected chi connectivity index (χ1v) is 4.35. The molecule has 0 aliphatic heterocycles. The molecule has 1 aromatic heterocycles. The topological polar surface area (TPSA) is 51.2 Å². The van der Waals surface area contributed by atoms with Gasteiger partial charge in [-0.25, -0.2) is 0 Å². The molecule has 3 N–H and O–H groups in total. The standard InChI is InChI=1S/C9H16N2O/c1-2-4-8(11-10)7-9-5-3-6-12-9/h3,5-6,8,11H,2,4,7,10H2,1H3. The Morgan fingerprint density at radius 1 is 1.67 bits per heavy atom. The Labute approximate surface area is 72.9 Å². The van der Waals surface area contributed by atoms with Gasteiger partial charge in [0.1, 0.15) is 5.76 Å². The number of nitrogens with one attached hydrogen (secondary N) is 1. The van der Waals surface area contributed by atoms with Gasteiger partial charge in [0, 0.05) is 12.5 Å². The summed E-state index contributed by atoms with van der Waals surface area (Å²) < 4.78 is 5.22. The smallest absolute Gasteiger partial charge is 0.105 e. The highest BCUT2D eigenvalue weighted by atomic mass is 16.3. The van der Waals surface area contributed by atoms with Crippen LogP contribution in [0.3, 0.4) is 0 Å². The zero-order valence-electron chi connectivity index (χ0n) is 7.42. The highest BCUT2D eigenvalue weighted by Gasteiger charge is 2.07. The Morgan fingerprint density at radius 3 is 3.00 bits per heavy atom. The van der Waals surface area contributed by atoms with Crippen molar-refractivity contribution in [3.05, 3.63) is 24.2 Å². The summed E-state index contributed by atoms with van der Waals surface area (Å²) in [6, 6.07) is 4.20. The van der Waals surface area contributed by atoms with Crippen LogP contribution in [-0.2, 0) is 6.42 Å². The fourth-order valence-electron chi connectivity index (χ4n) is 1.26. The molecule has 0 spiro atoms. The highest BCUT2D eigenvalue weighted by Crippen LogP contribution is 2.07. The fraction of sp³-hybridized carbons (Fsp3) is 0.556. The molecule has 1 aromatic rings. The van der Waals surface area contributed by atoms with Crippen LogP contribution in [0.2, 0.25) is 0 Å². The van der Waals surface area contributed by atoms with Gasteiger partial charge in [0.25, 0.3) is 0 Å². The van der Waals surface area contributed by atoms with Gasteiger partial charge in [-0.15, -0.1) is 0 Å². The van der Waals surface area contributed by atoms with Crippen LogP contribution in [0.15, 0.2) is 22.8 Å². The molecule has 0 bridgehead atoms. The molecule has 68 valence electrons. The number of rotatable bonds is 5. The van der Waals surface area contributed by atoms with Crippen LogP contribution >= 0.6 is 0 Å². The van der Waals surface area contributed by atoms with Crippen LogP contribution in [0, 0.1) is 0 Å². The molecule has 0 amide bonds. The maximum atomic E-state index is 5.38. The van der Waals surface area contributed by atoms with E-state index < -0.39 is 0 Å². The maximum absolute atomic E-state index is 5.38. The van der Waals surface area contributed by atoms with Crippen molar-refractivity contribution in [3.63, 3.8) is 0 Å². The predicted molar refractivity (Wildman–Crippen MR) is 48.4 cm³/mol. The van der Waals surface area contributed by atoms with Crippen molar-refractivity contribution >= 4 is 0 Å². The number of hydrazine groups is 1. The lowest BCUT2D eigenvalue weighted by Crippen LogP contribution is -2.36. The van der Waals surface area contributed by atoms with Crippen molar-refractivity contribution in [2.24, 2.45) is 5.84 Å². The van der Waals surface area contributed by atoms with E-state index in [4.69, 9.17) is 10.3 Å². The summed E-state index contributed by atoms with van der Waals surface area (Å²) in [5.41, 5.74) is 2.78. The van der Waals surface area contributed by atoms with Crippen molar-refractivity contribution in [3.8, 4) is 0 Å². The average Bonchev–Trinajstić information content (AvgIpc) is 2.56. The van der Waals surface area contributed by atoms with Crippen molar-refractivity contribution in [2.75, 3.05) is 0 Å². The molecule has 0 saturated carbocycles. The third-order valence-electron chi connectivity index (χ3n) is 1.90. The minimum atomic E-state index is 0.334. The molecule has 0 radical (unpaired) electrons. The Bertz CT molecular complexity index is 196. The van der Waals surface area contributed by atoms with Crippen LogP contribution in [0.5, 0.6) is 0 Å². The van der Waals surface area contributed by atoms with E-state index in [1.54, 1.807) is 6.26 Å². The Balaban J connectivity index is 2.37. The van der Waals surface area contributed by atoms with E-state index in [1.807, 2.05) is 12.1 Å². The highest BCUT2D eigenvalue weighted by molar-refractivity contribution is 5.00. The van der Waals surface area contributed by atoms with Crippen LogP contribution in [-0.4, -0.2) is 6.04 Å². The molecule has 3 heteroatoms. The summed E-state index contributed by atoms with van der Waals surface area (Å²) in [6.07, 6.45) is 4.78. The Kier molecular flexibility index (Phi) is 3.84. The molecular weight excluding hydrogens is 152 g/mol. The number of hydrogen-bond donors (Lipinski definition) is 2. The second-order valence-corrected chi connectivity index (χ2v) is 2.94. The second kappa shape index (κ2) is 4.95. The molecule has 0 fully saturated rings. The van der Waals surface area contributed by atoms with Gasteiger partial charge in [0.2, 0.25) is 0 Å². The first kappa shape index (κ1) is 9.29. The first-order chi connectivity index (χ1) is 5.86. The van der Waals surface area contributed by atoms with Crippen molar-refractivity contribution < 1.29 is 4.42 Å². The van der Waals surface area contributed by atoms with E-state index in [0.717, 1.165) is 25.0 Å². The molecule has 0 saturated heterocycles. The molecule has 12 heavy (non-hydrogen) atoms. The van der Waals surface area contributed by atoms with Gasteiger partial charge in [-0.2, -0.15) is 0 Å². The van der Waals surface area contributed by atoms with E-state index >= 15 is 0 Å². The van der Waals surface area contributed by atoms with Gasteiger partial charge in [-0.3, -0.25) is 11.3 Å². The van der Waals surface area contributed by atoms with Crippen molar-refractivity contribution in [1.82, 2.24) is 5.43 Å². The third kappa shape index (κ3) is 2.68. The molecule has 3 nitrogen and oxygen atoms in total. The molecule has 1 unspecified atom stereocenters.